The van der Waals surface area contributed by atoms with Gasteiger partial charge in [0.25, 0.3) is 0 Å². The van der Waals surface area contributed by atoms with Crippen LogP contribution >= 0.6 is 0 Å². The second kappa shape index (κ2) is 7.39. The van der Waals surface area contributed by atoms with Gasteiger partial charge in [0.15, 0.2) is 6.10 Å². The minimum absolute atomic E-state index is 0.0308. The predicted molar refractivity (Wildman–Crippen MR) is 89.6 cm³/mol. The van der Waals surface area contributed by atoms with Gasteiger partial charge < -0.3 is 18.9 Å². The Balaban J connectivity index is 1.55. The highest BCUT2D eigenvalue weighted by Crippen LogP contribution is 2.48. The Hall–Kier alpha value is -1.89. The van der Waals surface area contributed by atoms with E-state index >= 15 is 0 Å². The summed E-state index contributed by atoms with van der Waals surface area (Å²) in [5.41, 5.74) is 0.209. The molecule has 4 rings (SSSR count). The molecule has 2 aliphatic heterocycles. The lowest BCUT2D eigenvalue weighted by atomic mass is 9.67. The molecule has 26 heavy (non-hydrogen) atoms. The summed E-state index contributed by atoms with van der Waals surface area (Å²) >= 11 is 0. The molecule has 4 fully saturated rings. The van der Waals surface area contributed by atoms with E-state index in [0.29, 0.717) is 5.92 Å². The molecule has 2 heterocycles. The highest BCUT2D eigenvalue weighted by Gasteiger charge is 2.51. The van der Waals surface area contributed by atoms with Crippen LogP contribution in [0.1, 0.15) is 46.5 Å². The fourth-order valence-corrected chi connectivity index (χ4v) is 4.28. The van der Waals surface area contributed by atoms with Crippen molar-refractivity contribution < 1.29 is 33.3 Å². The molecule has 4 bridgehead atoms. The van der Waals surface area contributed by atoms with Gasteiger partial charge in [-0.15, -0.1) is 0 Å². The summed E-state index contributed by atoms with van der Waals surface area (Å²) in [6.45, 7) is 8.03. The van der Waals surface area contributed by atoms with Crippen LogP contribution in [0.25, 0.3) is 0 Å². The number of esters is 3. The van der Waals surface area contributed by atoms with E-state index in [1.165, 1.54) is 13.8 Å². The van der Waals surface area contributed by atoms with Crippen LogP contribution < -0.4 is 0 Å². The number of ether oxygens (including phenoxy) is 4. The van der Waals surface area contributed by atoms with Crippen molar-refractivity contribution in [3.05, 3.63) is 12.2 Å². The molecule has 0 N–H and O–H groups in total. The lowest BCUT2D eigenvalue weighted by Gasteiger charge is -2.42. The summed E-state index contributed by atoms with van der Waals surface area (Å²) in [6.07, 6.45) is 1.07. The Bertz CT molecular complexity index is 613. The highest BCUT2D eigenvalue weighted by molar-refractivity contribution is 5.89. The van der Waals surface area contributed by atoms with Crippen molar-refractivity contribution in [1.29, 1.82) is 0 Å². The Morgan fingerprint density at radius 1 is 1.15 bits per heavy atom. The van der Waals surface area contributed by atoms with Crippen molar-refractivity contribution in [3.8, 4) is 0 Å². The zero-order valence-corrected chi connectivity index (χ0v) is 15.4. The van der Waals surface area contributed by atoms with Crippen molar-refractivity contribution >= 4 is 17.9 Å². The minimum atomic E-state index is -1.05. The molecule has 0 amide bonds. The molecule has 7 unspecified atom stereocenters. The van der Waals surface area contributed by atoms with Crippen LogP contribution in [-0.4, -0.2) is 42.5 Å². The standard InChI is InChI=1S/C19H26O7/c1-9(2)17(20)23-10(3)18(21)25-11(4)24-16-13-5-12-6-14(8-13)19(22)26-15(16)7-12/h10-16H,1,5-8H2,2-4H3. The van der Waals surface area contributed by atoms with Crippen LogP contribution in [0.5, 0.6) is 0 Å². The third-order valence-corrected chi connectivity index (χ3v) is 5.43. The molecule has 2 saturated carbocycles. The molecule has 7 nitrogen and oxygen atoms in total. The zero-order chi connectivity index (χ0) is 19.0. The molecule has 0 aromatic heterocycles. The monoisotopic (exact) mass is 366 g/mol. The Kier molecular flexibility index (Phi) is 5.37. The van der Waals surface area contributed by atoms with Crippen molar-refractivity contribution in [2.75, 3.05) is 0 Å². The first kappa shape index (κ1) is 18.9. The molecule has 0 aromatic rings. The van der Waals surface area contributed by atoms with Gasteiger partial charge in [0.1, 0.15) is 12.2 Å². The summed E-state index contributed by atoms with van der Waals surface area (Å²) in [4.78, 5) is 35.7. The van der Waals surface area contributed by atoms with E-state index in [0.717, 1.165) is 25.7 Å². The number of carbonyl (C=O) groups is 3. The van der Waals surface area contributed by atoms with Gasteiger partial charge in [0.2, 0.25) is 6.29 Å². The van der Waals surface area contributed by atoms with Crippen LogP contribution in [-0.2, 0) is 33.3 Å². The topological polar surface area (TPSA) is 88.1 Å². The minimum Gasteiger partial charge on any atom is -0.459 e. The normalized spacial score (nSPS) is 34.4. The smallest absolute Gasteiger partial charge is 0.349 e. The Morgan fingerprint density at radius 2 is 1.88 bits per heavy atom. The number of rotatable bonds is 6. The predicted octanol–water partition coefficient (Wildman–Crippen LogP) is 2.13. The van der Waals surface area contributed by atoms with Crippen LogP contribution in [0.4, 0.5) is 0 Å². The second-order valence-corrected chi connectivity index (χ2v) is 7.67. The SMILES string of the molecule is C=C(C)C(=O)OC(C)C(=O)OC(C)OC1C2CC3CC(C2)C(=O)OC1C3. The summed E-state index contributed by atoms with van der Waals surface area (Å²) in [6, 6.07) is 0. The van der Waals surface area contributed by atoms with Gasteiger partial charge in [-0.25, -0.2) is 9.59 Å². The van der Waals surface area contributed by atoms with Gasteiger partial charge in [0, 0.05) is 5.57 Å². The summed E-state index contributed by atoms with van der Waals surface area (Å²) in [7, 11) is 0. The average Bonchev–Trinajstić information content (AvgIpc) is 2.72. The molecule has 7 atom stereocenters. The van der Waals surface area contributed by atoms with E-state index in [-0.39, 0.29) is 35.6 Å². The third kappa shape index (κ3) is 3.92. The van der Waals surface area contributed by atoms with Crippen molar-refractivity contribution in [2.24, 2.45) is 17.8 Å². The fourth-order valence-electron chi connectivity index (χ4n) is 4.28. The first-order chi connectivity index (χ1) is 12.2. The van der Waals surface area contributed by atoms with E-state index in [2.05, 4.69) is 6.58 Å². The number of hydrogen-bond acceptors (Lipinski definition) is 7. The molecule has 4 aliphatic rings. The van der Waals surface area contributed by atoms with Crippen molar-refractivity contribution in [3.63, 3.8) is 0 Å². The van der Waals surface area contributed by atoms with Crippen LogP contribution in [0.3, 0.4) is 0 Å². The molecule has 0 aromatic carbocycles. The zero-order valence-electron chi connectivity index (χ0n) is 15.4. The lowest BCUT2D eigenvalue weighted by molar-refractivity contribution is -0.219. The summed E-state index contributed by atoms with van der Waals surface area (Å²) < 4.78 is 21.8. The van der Waals surface area contributed by atoms with Crippen LogP contribution in [0.15, 0.2) is 12.2 Å². The molecule has 2 saturated heterocycles. The average molecular weight is 366 g/mol. The van der Waals surface area contributed by atoms with E-state index in [4.69, 9.17) is 18.9 Å². The van der Waals surface area contributed by atoms with Crippen molar-refractivity contribution in [1.82, 2.24) is 0 Å². The molecule has 0 radical (unpaired) electrons. The molecule has 7 heteroatoms. The number of carbonyl (C=O) groups excluding carboxylic acids is 3. The van der Waals surface area contributed by atoms with Gasteiger partial charge in [-0.1, -0.05) is 6.58 Å². The molecular weight excluding hydrogens is 340 g/mol. The fraction of sp³-hybridized carbons (Fsp3) is 0.737. The summed E-state index contributed by atoms with van der Waals surface area (Å²) in [5.74, 6) is -0.744. The molecule has 0 spiro atoms. The molecular formula is C19H26O7. The van der Waals surface area contributed by atoms with E-state index < -0.39 is 24.3 Å². The highest BCUT2D eigenvalue weighted by atomic mass is 16.7. The van der Waals surface area contributed by atoms with Crippen LogP contribution in [0, 0.1) is 17.8 Å². The maximum absolute atomic E-state index is 12.1. The number of hydrogen-bond donors (Lipinski definition) is 0. The van der Waals surface area contributed by atoms with Crippen LogP contribution in [0.2, 0.25) is 0 Å². The lowest BCUT2D eigenvalue weighted by Crippen LogP contribution is -2.46. The molecule has 144 valence electrons. The number of fused-ring (bicyclic) bond motifs is 1. The van der Waals surface area contributed by atoms with Crippen molar-refractivity contribution in [2.45, 2.75) is 71.1 Å². The van der Waals surface area contributed by atoms with E-state index in [1.54, 1.807) is 6.92 Å². The van der Waals surface area contributed by atoms with Gasteiger partial charge in [-0.2, -0.15) is 0 Å². The summed E-state index contributed by atoms with van der Waals surface area (Å²) in [5, 5.41) is 0. The largest absolute Gasteiger partial charge is 0.459 e. The van der Waals surface area contributed by atoms with Gasteiger partial charge in [0.05, 0.1) is 5.92 Å². The van der Waals surface area contributed by atoms with E-state index in [1.807, 2.05) is 0 Å². The second-order valence-electron chi connectivity index (χ2n) is 7.67. The maximum Gasteiger partial charge on any atom is 0.349 e. The van der Waals surface area contributed by atoms with Gasteiger partial charge in [-0.3, -0.25) is 4.79 Å². The Labute approximate surface area is 153 Å². The third-order valence-electron chi connectivity index (χ3n) is 5.43. The first-order valence-corrected chi connectivity index (χ1v) is 9.17. The quantitative estimate of drug-likeness (QED) is 0.308. The maximum atomic E-state index is 12.1. The molecule has 2 aliphatic carbocycles. The first-order valence-electron chi connectivity index (χ1n) is 9.17. The Morgan fingerprint density at radius 3 is 2.58 bits per heavy atom. The van der Waals surface area contributed by atoms with Gasteiger partial charge >= 0.3 is 17.9 Å². The van der Waals surface area contributed by atoms with E-state index in [9.17, 15) is 14.4 Å². The van der Waals surface area contributed by atoms with Gasteiger partial charge in [-0.05, 0) is 58.3 Å².